The van der Waals surface area contributed by atoms with Gasteiger partial charge in [-0.15, -0.1) is 0 Å². The Balaban J connectivity index is 1.52. The minimum atomic E-state index is -0.0927. The number of carbonyl (C=O) groups excluding carboxylic acids is 1. The van der Waals surface area contributed by atoms with Gasteiger partial charge in [0.15, 0.2) is 5.82 Å². The topological polar surface area (TPSA) is 84.2 Å². The van der Waals surface area contributed by atoms with Crippen LogP contribution in [0.15, 0.2) is 29.0 Å². The zero-order chi connectivity index (χ0) is 18.9. The summed E-state index contributed by atoms with van der Waals surface area (Å²) in [6.07, 6.45) is 8.87. The lowest BCUT2D eigenvalue weighted by atomic mass is 9.73. The number of carbonyl (C=O) groups is 1. The van der Waals surface area contributed by atoms with Crippen LogP contribution in [0.4, 0.5) is 4.79 Å². The van der Waals surface area contributed by atoms with Crippen molar-refractivity contribution in [2.75, 3.05) is 13.1 Å². The van der Waals surface area contributed by atoms with Crippen molar-refractivity contribution in [3.63, 3.8) is 0 Å². The maximum absolute atomic E-state index is 12.3. The number of nitrogens with zero attached hydrogens (tertiary/aromatic N) is 4. The molecule has 2 aromatic heterocycles. The third-order valence-corrected chi connectivity index (χ3v) is 5.62. The van der Waals surface area contributed by atoms with Gasteiger partial charge in [-0.3, -0.25) is 4.98 Å². The number of urea groups is 1. The quantitative estimate of drug-likeness (QED) is 0.873. The number of hydrogen-bond acceptors (Lipinski definition) is 5. The molecule has 1 saturated heterocycles. The van der Waals surface area contributed by atoms with Crippen molar-refractivity contribution in [3.05, 3.63) is 30.4 Å². The molecule has 1 saturated carbocycles. The molecule has 0 unspecified atom stereocenters. The third kappa shape index (κ3) is 3.96. The van der Waals surface area contributed by atoms with Gasteiger partial charge < -0.3 is 14.7 Å². The number of piperidine rings is 1. The fourth-order valence-electron chi connectivity index (χ4n) is 3.92. The zero-order valence-electron chi connectivity index (χ0n) is 16.0. The van der Waals surface area contributed by atoms with Gasteiger partial charge >= 0.3 is 6.03 Å². The lowest BCUT2D eigenvalue weighted by molar-refractivity contribution is 0.143. The molecule has 7 heteroatoms. The van der Waals surface area contributed by atoms with Crippen LogP contribution in [0.5, 0.6) is 0 Å². The first-order valence-corrected chi connectivity index (χ1v) is 9.86. The SMILES string of the molecule is CC(C)NC(=O)N1CCC(CC2CC2)(c2noc(-c3ccncc3)n2)CC1. The molecule has 1 N–H and O–H groups in total. The van der Waals surface area contributed by atoms with Crippen molar-refractivity contribution in [2.45, 2.75) is 57.4 Å². The first-order valence-electron chi connectivity index (χ1n) is 9.86. The Kier molecular flexibility index (Phi) is 4.85. The minimum absolute atomic E-state index is 0.0237. The Morgan fingerprint density at radius 3 is 2.63 bits per heavy atom. The molecule has 1 aliphatic heterocycles. The van der Waals surface area contributed by atoms with Crippen molar-refractivity contribution in [3.8, 4) is 11.5 Å². The second-order valence-electron chi connectivity index (χ2n) is 8.18. The van der Waals surface area contributed by atoms with Gasteiger partial charge in [-0.1, -0.05) is 18.0 Å². The van der Waals surface area contributed by atoms with Gasteiger partial charge in [-0.2, -0.15) is 4.98 Å². The first kappa shape index (κ1) is 17.9. The molecular formula is C20H27N5O2. The molecule has 0 radical (unpaired) electrons. The van der Waals surface area contributed by atoms with Crippen LogP contribution >= 0.6 is 0 Å². The van der Waals surface area contributed by atoms with Gasteiger partial charge in [0.1, 0.15) is 0 Å². The van der Waals surface area contributed by atoms with Crippen LogP contribution in [0.1, 0.15) is 51.8 Å². The molecule has 144 valence electrons. The van der Waals surface area contributed by atoms with E-state index in [1.807, 2.05) is 30.9 Å². The highest BCUT2D eigenvalue weighted by Crippen LogP contribution is 2.46. The average molecular weight is 369 g/mol. The highest BCUT2D eigenvalue weighted by Gasteiger charge is 2.44. The normalized spacial score (nSPS) is 19.3. The van der Waals surface area contributed by atoms with Gasteiger partial charge in [0.2, 0.25) is 0 Å². The number of nitrogens with one attached hydrogen (secondary N) is 1. The summed E-state index contributed by atoms with van der Waals surface area (Å²) in [6.45, 7) is 5.42. The molecule has 4 rings (SSSR count). The molecule has 27 heavy (non-hydrogen) atoms. The molecule has 0 aromatic carbocycles. The molecule has 2 aromatic rings. The summed E-state index contributed by atoms with van der Waals surface area (Å²) in [4.78, 5) is 23.0. The predicted molar refractivity (Wildman–Crippen MR) is 101 cm³/mol. The fraction of sp³-hybridized carbons (Fsp3) is 0.600. The number of hydrogen-bond donors (Lipinski definition) is 1. The molecule has 0 spiro atoms. The number of aromatic nitrogens is 3. The number of pyridine rings is 1. The van der Waals surface area contributed by atoms with Crippen LogP contribution < -0.4 is 5.32 Å². The Bertz CT molecular complexity index is 777. The Hall–Kier alpha value is -2.44. The van der Waals surface area contributed by atoms with Crippen LogP contribution in [0.25, 0.3) is 11.5 Å². The molecular weight excluding hydrogens is 342 g/mol. The van der Waals surface area contributed by atoms with Gasteiger partial charge in [0, 0.05) is 42.5 Å². The van der Waals surface area contributed by atoms with E-state index in [2.05, 4.69) is 15.5 Å². The maximum Gasteiger partial charge on any atom is 0.317 e. The number of rotatable bonds is 5. The van der Waals surface area contributed by atoms with Gasteiger partial charge in [0.25, 0.3) is 5.89 Å². The van der Waals surface area contributed by atoms with E-state index in [9.17, 15) is 4.79 Å². The van der Waals surface area contributed by atoms with Crippen LogP contribution in [0, 0.1) is 5.92 Å². The Labute approximate surface area is 159 Å². The highest BCUT2D eigenvalue weighted by atomic mass is 16.5. The maximum atomic E-state index is 12.3. The smallest absolute Gasteiger partial charge is 0.317 e. The van der Waals surface area contributed by atoms with Gasteiger partial charge in [-0.05, 0) is 51.2 Å². The second-order valence-corrected chi connectivity index (χ2v) is 8.18. The minimum Gasteiger partial charge on any atom is -0.336 e. The van der Waals surface area contributed by atoms with Gasteiger partial charge in [0.05, 0.1) is 0 Å². The molecule has 2 fully saturated rings. The standard InChI is InChI=1S/C20H27N5O2/c1-14(2)22-19(26)25-11-7-20(8-12-25,13-15-3-4-15)18-23-17(27-24-18)16-5-9-21-10-6-16/h5-6,9-10,14-15H,3-4,7-8,11-13H2,1-2H3,(H,22,26). The van der Waals surface area contributed by atoms with Crippen LogP contribution in [0.3, 0.4) is 0 Å². The molecule has 1 aliphatic carbocycles. The van der Waals surface area contributed by atoms with E-state index >= 15 is 0 Å². The van der Waals surface area contributed by atoms with E-state index in [0.29, 0.717) is 5.89 Å². The van der Waals surface area contributed by atoms with Crippen molar-refractivity contribution < 1.29 is 9.32 Å². The van der Waals surface area contributed by atoms with Crippen LogP contribution in [-0.4, -0.2) is 45.2 Å². The largest absolute Gasteiger partial charge is 0.336 e. The van der Waals surface area contributed by atoms with E-state index in [1.165, 1.54) is 12.8 Å². The van der Waals surface area contributed by atoms with E-state index in [4.69, 9.17) is 9.51 Å². The molecule has 0 bridgehead atoms. The molecule has 0 atom stereocenters. The van der Waals surface area contributed by atoms with E-state index in [0.717, 1.165) is 49.7 Å². The average Bonchev–Trinajstić information content (AvgIpc) is 3.33. The van der Waals surface area contributed by atoms with Crippen molar-refractivity contribution >= 4 is 6.03 Å². The third-order valence-electron chi connectivity index (χ3n) is 5.62. The number of likely N-dealkylation sites (tertiary alicyclic amines) is 1. The molecule has 2 amide bonds. The van der Waals surface area contributed by atoms with Crippen LogP contribution in [0.2, 0.25) is 0 Å². The predicted octanol–water partition coefficient (Wildman–Crippen LogP) is 3.38. The number of amides is 2. The second kappa shape index (κ2) is 7.29. The van der Waals surface area contributed by atoms with Crippen molar-refractivity contribution in [1.29, 1.82) is 0 Å². The lowest BCUT2D eigenvalue weighted by Gasteiger charge is -2.40. The first-order chi connectivity index (χ1) is 13.1. The van der Waals surface area contributed by atoms with E-state index in [-0.39, 0.29) is 17.5 Å². The zero-order valence-corrected chi connectivity index (χ0v) is 16.0. The van der Waals surface area contributed by atoms with Crippen molar-refractivity contribution in [2.24, 2.45) is 5.92 Å². The fourth-order valence-corrected chi connectivity index (χ4v) is 3.92. The summed E-state index contributed by atoms with van der Waals surface area (Å²) in [6, 6.07) is 3.93. The highest BCUT2D eigenvalue weighted by molar-refractivity contribution is 5.74. The molecule has 7 nitrogen and oxygen atoms in total. The van der Waals surface area contributed by atoms with Crippen LogP contribution in [-0.2, 0) is 5.41 Å². The van der Waals surface area contributed by atoms with Gasteiger partial charge in [-0.25, -0.2) is 4.79 Å². The van der Waals surface area contributed by atoms with Crippen molar-refractivity contribution in [1.82, 2.24) is 25.3 Å². The summed E-state index contributed by atoms with van der Waals surface area (Å²) in [5.74, 6) is 2.09. The monoisotopic (exact) mass is 369 g/mol. The van der Waals surface area contributed by atoms with E-state index < -0.39 is 0 Å². The molecule has 3 heterocycles. The Morgan fingerprint density at radius 1 is 1.30 bits per heavy atom. The summed E-state index contributed by atoms with van der Waals surface area (Å²) < 4.78 is 5.58. The lowest BCUT2D eigenvalue weighted by Crippen LogP contribution is -2.50. The summed E-state index contributed by atoms with van der Waals surface area (Å²) in [5, 5.41) is 7.35. The summed E-state index contributed by atoms with van der Waals surface area (Å²) >= 11 is 0. The summed E-state index contributed by atoms with van der Waals surface area (Å²) in [7, 11) is 0. The summed E-state index contributed by atoms with van der Waals surface area (Å²) in [5.41, 5.74) is 0.795. The van der Waals surface area contributed by atoms with E-state index in [1.54, 1.807) is 12.4 Å². The Morgan fingerprint density at radius 2 is 2.00 bits per heavy atom. The molecule has 2 aliphatic rings.